The quantitative estimate of drug-likeness (QED) is 0.628. The first-order chi connectivity index (χ1) is 17.0. The molecular formula is C26H33N3O5S. The van der Waals surface area contributed by atoms with Gasteiger partial charge in [0.1, 0.15) is 5.75 Å². The first-order valence-corrected chi connectivity index (χ1v) is 13.9. The fourth-order valence-corrected chi connectivity index (χ4v) is 6.69. The van der Waals surface area contributed by atoms with Gasteiger partial charge in [-0.25, -0.2) is 8.42 Å². The molecular weight excluding hydrogens is 466 g/mol. The molecule has 5 rings (SSSR count). The molecule has 0 unspecified atom stereocenters. The lowest BCUT2D eigenvalue weighted by molar-refractivity contribution is 0.0730. The monoisotopic (exact) mass is 499 g/mol. The molecule has 0 aromatic heterocycles. The van der Waals surface area contributed by atoms with E-state index in [1.165, 1.54) is 10.7 Å². The van der Waals surface area contributed by atoms with E-state index in [9.17, 15) is 13.2 Å². The maximum absolute atomic E-state index is 14.1. The van der Waals surface area contributed by atoms with Gasteiger partial charge in [0, 0.05) is 44.1 Å². The van der Waals surface area contributed by atoms with Crippen LogP contribution in [0.25, 0.3) is 0 Å². The summed E-state index contributed by atoms with van der Waals surface area (Å²) in [6.07, 6.45) is 5.02. The van der Waals surface area contributed by atoms with Crippen molar-refractivity contribution in [3.8, 4) is 5.75 Å². The van der Waals surface area contributed by atoms with Crippen LogP contribution in [0.3, 0.4) is 0 Å². The van der Waals surface area contributed by atoms with E-state index < -0.39 is 10.0 Å². The number of nitrogens with zero attached hydrogens (tertiary/aromatic N) is 3. The molecule has 2 saturated heterocycles. The number of morpholine rings is 1. The number of amides is 1. The fraction of sp³-hybridized carbons (Fsp3) is 0.500. The lowest BCUT2D eigenvalue weighted by Gasteiger charge is -2.34. The van der Waals surface area contributed by atoms with Crippen molar-refractivity contribution in [1.29, 1.82) is 0 Å². The predicted molar refractivity (Wildman–Crippen MR) is 135 cm³/mol. The molecule has 0 bridgehead atoms. The number of fused-ring (bicyclic) bond motifs is 1. The number of anilines is 2. The third-order valence-corrected chi connectivity index (χ3v) is 9.05. The van der Waals surface area contributed by atoms with Gasteiger partial charge in [-0.2, -0.15) is 4.31 Å². The van der Waals surface area contributed by atoms with Crippen LogP contribution < -0.4 is 14.5 Å². The summed E-state index contributed by atoms with van der Waals surface area (Å²) in [5.41, 5.74) is 3.20. The number of benzene rings is 2. The number of carbonyl (C=O) groups is 1. The molecule has 0 spiro atoms. The van der Waals surface area contributed by atoms with Crippen LogP contribution in [0.4, 0.5) is 11.4 Å². The van der Waals surface area contributed by atoms with E-state index >= 15 is 0 Å². The summed E-state index contributed by atoms with van der Waals surface area (Å²) >= 11 is 0. The Morgan fingerprint density at radius 2 is 1.63 bits per heavy atom. The van der Waals surface area contributed by atoms with Gasteiger partial charge in [0.2, 0.25) is 10.0 Å². The van der Waals surface area contributed by atoms with Crippen LogP contribution in [0.5, 0.6) is 5.75 Å². The van der Waals surface area contributed by atoms with Gasteiger partial charge in [0.15, 0.2) is 0 Å². The van der Waals surface area contributed by atoms with Crippen LogP contribution in [-0.2, 0) is 21.2 Å². The highest BCUT2D eigenvalue weighted by atomic mass is 32.2. The molecule has 35 heavy (non-hydrogen) atoms. The van der Waals surface area contributed by atoms with Gasteiger partial charge in [-0.05, 0) is 74.1 Å². The van der Waals surface area contributed by atoms with E-state index in [1.807, 2.05) is 24.3 Å². The predicted octanol–water partition coefficient (Wildman–Crippen LogP) is 3.30. The number of hydrogen-bond donors (Lipinski definition) is 0. The molecule has 0 radical (unpaired) electrons. The molecule has 188 valence electrons. The zero-order chi connectivity index (χ0) is 24.4. The molecule has 0 atom stereocenters. The summed E-state index contributed by atoms with van der Waals surface area (Å²) in [7, 11) is -2.08. The summed E-state index contributed by atoms with van der Waals surface area (Å²) in [5.74, 6) is 0.612. The molecule has 2 fully saturated rings. The SMILES string of the molecule is COc1ccc2c(c1)CCCN2C(=O)c1cc(S(=O)(=O)N2CCOCC2)ccc1N1CCCCC1. The number of sulfonamides is 1. The molecule has 2 aromatic rings. The number of carbonyl (C=O) groups excluding carboxylic acids is 1. The molecule has 3 aliphatic rings. The maximum Gasteiger partial charge on any atom is 0.260 e. The maximum atomic E-state index is 14.1. The number of aryl methyl sites for hydroxylation is 1. The van der Waals surface area contributed by atoms with Crippen LogP contribution in [0.1, 0.15) is 41.6 Å². The van der Waals surface area contributed by atoms with Crippen molar-refractivity contribution < 1.29 is 22.7 Å². The van der Waals surface area contributed by atoms with Gasteiger partial charge in [0.25, 0.3) is 5.91 Å². The summed E-state index contributed by atoms with van der Waals surface area (Å²) in [6.45, 7) is 3.72. The number of rotatable bonds is 5. The van der Waals surface area contributed by atoms with Gasteiger partial charge in [-0.3, -0.25) is 4.79 Å². The van der Waals surface area contributed by atoms with Crippen molar-refractivity contribution >= 4 is 27.3 Å². The minimum Gasteiger partial charge on any atom is -0.497 e. The summed E-state index contributed by atoms with van der Waals surface area (Å²) in [4.78, 5) is 18.3. The Labute approximate surface area is 207 Å². The van der Waals surface area contributed by atoms with Gasteiger partial charge < -0.3 is 19.3 Å². The normalized spacial score (nSPS) is 19.3. The second-order valence-corrected chi connectivity index (χ2v) is 11.2. The van der Waals surface area contributed by atoms with Crippen LogP contribution in [-0.4, -0.2) is 71.7 Å². The Bertz CT molecular complexity index is 1190. The Kier molecular flexibility index (Phi) is 7.00. The topological polar surface area (TPSA) is 79.4 Å². The van der Waals surface area contributed by atoms with Crippen molar-refractivity contribution in [2.24, 2.45) is 0 Å². The van der Waals surface area contributed by atoms with Crippen LogP contribution in [0, 0.1) is 0 Å². The van der Waals surface area contributed by atoms with E-state index in [0.29, 0.717) is 38.4 Å². The van der Waals surface area contributed by atoms with E-state index in [1.54, 1.807) is 24.1 Å². The van der Waals surface area contributed by atoms with E-state index in [2.05, 4.69) is 4.90 Å². The molecule has 3 heterocycles. The molecule has 8 nitrogen and oxygen atoms in total. The Morgan fingerprint density at radius 3 is 2.37 bits per heavy atom. The van der Waals surface area contributed by atoms with Crippen molar-refractivity contribution in [3.63, 3.8) is 0 Å². The Balaban J connectivity index is 1.55. The smallest absolute Gasteiger partial charge is 0.260 e. The van der Waals surface area contributed by atoms with Gasteiger partial charge in [0.05, 0.1) is 30.8 Å². The molecule has 1 amide bonds. The summed E-state index contributed by atoms with van der Waals surface area (Å²) in [6, 6.07) is 10.9. The molecule has 9 heteroatoms. The van der Waals surface area contributed by atoms with Crippen LogP contribution >= 0.6 is 0 Å². The minimum atomic E-state index is -3.72. The highest BCUT2D eigenvalue weighted by Gasteiger charge is 2.31. The van der Waals surface area contributed by atoms with Gasteiger partial charge >= 0.3 is 0 Å². The van der Waals surface area contributed by atoms with Crippen LogP contribution in [0.15, 0.2) is 41.3 Å². The molecule has 0 saturated carbocycles. The van der Waals surface area contributed by atoms with Crippen molar-refractivity contribution in [3.05, 3.63) is 47.5 Å². The average molecular weight is 500 g/mol. The second-order valence-electron chi connectivity index (χ2n) is 9.30. The average Bonchev–Trinajstić information content (AvgIpc) is 2.92. The van der Waals surface area contributed by atoms with E-state index in [4.69, 9.17) is 9.47 Å². The van der Waals surface area contributed by atoms with Gasteiger partial charge in [-0.15, -0.1) is 0 Å². The molecule has 2 aromatic carbocycles. The Hall–Kier alpha value is -2.62. The van der Waals surface area contributed by atoms with Gasteiger partial charge in [-0.1, -0.05) is 0 Å². The van der Waals surface area contributed by atoms with Crippen LogP contribution in [0.2, 0.25) is 0 Å². The molecule has 0 aliphatic carbocycles. The lowest BCUT2D eigenvalue weighted by atomic mass is 9.99. The lowest BCUT2D eigenvalue weighted by Crippen LogP contribution is -2.41. The zero-order valence-electron chi connectivity index (χ0n) is 20.2. The largest absolute Gasteiger partial charge is 0.497 e. The Morgan fingerprint density at radius 1 is 0.886 bits per heavy atom. The molecule has 0 N–H and O–H groups in total. The fourth-order valence-electron chi connectivity index (χ4n) is 5.25. The van der Waals surface area contributed by atoms with E-state index in [-0.39, 0.29) is 10.8 Å². The summed E-state index contributed by atoms with van der Waals surface area (Å²) in [5, 5.41) is 0. The second kappa shape index (κ2) is 10.2. The summed E-state index contributed by atoms with van der Waals surface area (Å²) < 4.78 is 39.0. The van der Waals surface area contributed by atoms with Crippen molar-refractivity contribution in [1.82, 2.24) is 4.31 Å². The number of methoxy groups -OCH3 is 1. The van der Waals surface area contributed by atoms with Crippen molar-refractivity contribution in [2.75, 3.05) is 62.8 Å². The third-order valence-electron chi connectivity index (χ3n) is 7.15. The molecule has 3 aliphatic heterocycles. The zero-order valence-corrected chi connectivity index (χ0v) is 21.1. The minimum absolute atomic E-state index is 0.157. The highest BCUT2D eigenvalue weighted by molar-refractivity contribution is 7.89. The first-order valence-electron chi connectivity index (χ1n) is 12.4. The number of piperidine rings is 1. The first kappa shape index (κ1) is 24.1. The standard InChI is InChI=1S/C26H33N3O5S/c1-33-21-7-9-24-20(18-21)6-5-13-29(24)26(30)23-19-22(35(31,32)28-14-16-34-17-15-28)8-10-25(23)27-11-3-2-4-12-27/h7-10,18-19H,2-6,11-17H2,1H3. The third kappa shape index (κ3) is 4.77. The number of ether oxygens (including phenoxy) is 2. The van der Waals surface area contributed by atoms with E-state index in [0.717, 1.165) is 61.5 Å². The van der Waals surface area contributed by atoms with Crippen molar-refractivity contribution in [2.45, 2.75) is 37.0 Å². The highest BCUT2D eigenvalue weighted by Crippen LogP contribution is 2.35. The number of hydrogen-bond acceptors (Lipinski definition) is 6.